The molecular formula is C20H24BrN. The van der Waals surface area contributed by atoms with Crippen LogP contribution in [0.1, 0.15) is 44.6 Å². The van der Waals surface area contributed by atoms with Crippen LogP contribution in [0, 0.1) is 5.92 Å². The van der Waals surface area contributed by atoms with Gasteiger partial charge in [0.15, 0.2) is 0 Å². The molecule has 1 aromatic rings. The summed E-state index contributed by atoms with van der Waals surface area (Å²) in [5.41, 5.74) is 3.37. The largest absolute Gasteiger partial charge is 0.253 e. The second-order valence-electron chi connectivity index (χ2n) is 5.75. The summed E-state index contributed by atoms with van der Waals surface area (Å²) in [6.07, 6.45) is 12.3. The lowest BCUT2D eigenvalue weighted by atomic mass is 9.83. The fourth-order valence-corrected chi connectivity index (χ4v) is 3.00. The zero-order valence-corrected chi connectivity index (χ0v) is 14.8. The highest BCUT2D eigenvalue weighted by Gasteiger charge is 2.20. The van der Waals surface area contributed by atoms with E-state index in [0.717, 1.165) is 10.2 Å². The van der Waals surface area contributed by atoms with Gasteiger partial charge in [0.05, 0.1) is 11.4 Å². The van der Waals surface area contributed by atoms with E-state index in [9.17, 15) is 0 Å². The fraction of sp³-hybridized carbons (Fsp3) is 0.350. The molecule has 1 fully saturated rings. The maximum absolute atomic E-state index is 4.95. The molecule has 2 heteroatoms. The van der Waals surface area contributed by atoms with Gasteiger partial charge >= 0.3 is 0 Å². The first-order valence-electron chi connectivity index (χ1n) is 8.01. The van der Waals surface area contributed by atoms with Crippen molar-refractivity contribution in [2.24, 2.45) is 10.9 Å². The number of aliphatic imine (C=N–C) groups is 1. The highest BCUT2D eigenvalue weighted by molar-refractivity contribution is 9.11. The fourth-order valence-electron chi connectivity index (χ4n) is 2.87. The van der Waals surface area contributed by atoms with Crippen molar-refractivity contribution in [3.05, 3.63) is 70.9 Å². The molecule has 1 saturated carbocycles. The summed E-state index contributed by atoms with van der Waals surface area (Å²) >= 11 is 3.45. The van der Waals surface area contributed by atoms with Crippen molar-refractivity contribution in [1.29, 1.82) is 0 Å². The average molecular weight is 358 g/mol. The zero-order chi connectivity index (χ0) is 15.8. The quantitative estimate of drug-likeness (QED) is 0.425. The van der Waals surface area contributed by atoms with Crippen molar-refractivity contribution in [2.45, 2.75) is 39.0 Å². The number of benzene rings is 1. The molecule has 0 unspecified atom stereocenters. The van der Waals surface area contributed by atoms with Gasteiger partial charge in [-0.3, -0.25) is 4.99 Å². The highest BCUT2D eigenvalue weighted by Crippen LogP contribution is 2.28. The van der Waals surface area contributed by atoms with Gasteiger partial charge in [0, 0.05) is 5.92 Å². The van der Waals surface area contributed by atoms with Gasteiger partial charge in [-0.05, 0) is 42.0 Å². The Morgan fingerprint density at radius 3 is 2.41 bits per heavy atom. The van der Waals surface area contributed by atoms with Crippen molar-refractivity contribution in [1.82, 2.24) is 0 Å². The first-order valence-corrected chi connectivity index (χ1v) is 8.80. The third kappa shape index (κ3) is 5.10. The second kappa shape index (κ2) is 8.89. The molecule has 0 saturated heterocycles. The van der Waals surface area contributed by atoms with E-state index in [2.05, 4.69) is 52.8 Å². The number of hydrogen-bond donors (Lipinski definition) is 0. The van der Waals surface area contributed by atoms with Crippen LogP contribution >= 0.6 is 15.9 Å². The maximum atomic E-state index is 4.95. The minimum atomic E-state index is 0.563. The Labute approximate surface area is 142 Å². The van der Waals surface area contributed by atoms with Gasteiger partial charge in [-0.1, -0.05) is 78.2 Å². The topological polar surface area (TPSA) is 12.4 Å². The highest BCUT2D eigenvalue weighted by atomic mass is 79.9. The summed E-state index contributed by atoms with van der Waals surface area (Å²) in [5, 5.41) is 0. The van der Waals surface area contributed by atoms with E-state index in [1.54, 1.807) is 0 Å². The van der Waals surface area contributed by atoms with E-state index >= 15 is 0 Å². The summed E-state index contributed by atoms with van der Waals surface area (Å²) in [5.74, 6) is 0.563. The van der Waals surface area contributed by atoms with Crippen molar-refractivity contribution in [3.63, 3.8) is 0 Å². The molecular weight excluding hydrogens is 334 g/mol. The first kappa shape index (κ1) is 17.0. The molecule has 0 aromatic heterocycles. The molecule has 116 valence electrons. The van der Waals surface area contributed by atoms with Crippen LogP contribution in [0.15, 0.2) is 70.3 Å². The lowest BCUT2D eigenvalue weighted by Gasteiger charge is -2.24. The van der Waals surface area contributed by atoms with Crippen molar-refractivity contribution in [3.8, 4) is 0 Å². The van der Waals surface area contributed by atoms with E-state index in [0.29, 0.717) is 5.92 Å². The number of hydrogen-bond acceptors (Lipinski definition) is 1. The summed E-state index contributed by atoms with van der Waals surface area (Å²) in [7, 11) is 0. The van der Waals surface area contributed by atoms with Crippen LogP contribution in [-0.4, -0.2) is 5.71 Å². The smallest absolute Gasteiger partial charge is 0.0627 e. The third-order valence-electron chi connectivity index (χ3n) is 4.00. The van der Waals surface area contributed by atoms with Crippen LogP contribution < -0.4 is 0 Å². The van der Waals surface area contributed by atoms with Crippen molar-refractivity contribution < 1.29 is 0 Å². The molecule has 0 aliphatic heterocycles. The van der Waals surface area contributed by atoms with E-state index in [-0.39, 0.29) is 0 Å². The van der Waals surface area contributed by atoms with Gasteiger partial charge in [-0.2, -0.15) is 0 Å². The standard InChI is InChI=1S/C20H24BrN/c1-3-19(15-14-16(2)21)22-20(17-10-6-4-7-11-17)18-12-8-5-9-13-18/h3-4,6-7,10-11,14-15,18H,1,5,8-9,12-13H2,2H3/b16-14+,19-15+,22-20?. The molecule has 1 nitrogen and oxygen atoms in total. The van der Waals surface area contributed by atoms with Gasteiger partial charge in [0.2, 0.25) is 0 Å². The Morgan fingerprint density at radius 2 is 1.82 bits per heavy atom. The van der Waals surface area contributed by atoms with Crippen molar-refractivity contribution in [2.75, 3.05) is 0 Å². The summed E-state index contributed by atoms with van der Waals surface area (Å²) in [6, 6.07) is 10.6. The predicted molar refractivity (Wildman–Crippen MR) is 101 cm³/mol. The summed E-state index contributed by atoms with van der Waals surface area (Å²) in [4.78, 5) is 4.95. The van der Waals surface area contributed by atoms with Crippen LogP contribution in [0.4, 0.5) is 0 Å². The Balaban J connectivity index is 2.38. The lowest BCUT2D eigenvalue weighted by Crippen LogP contribution is -2.19. The Bertz CT molecular complexity index is 571. The van der Waals surface area contributed by atoms with Crippen LogP contribution in [0.2, 0.25) is 0 Å². The molecule has 0 N–H and O–H groups in total. The molecule has 1 aromatic carbocycles. The molecule has 0 radical (unpaired) electrons. The van der Waals surface area contributed by atoms with Gasteiger partial charge in [0.25, 0.3) is 0 Å². The predicted octanol–water partition coefficient (Wildman–Crippen LogP) is 6.42. The van der Waals surface area contributed by atoms with Crippen LogP contribution in [0.5, 0.6) is 0 Å². The summed E-state index contributed by atoms with van der Waals surface area (Å²) < 4.78 is 1.08. The van der Waals surface area contributed by atoms with E-state index in [1.165, 1.54) is 43.4 Å². The zero-order valence-electron chi connectivity index (χ0n) is 13.3. The molecule has 0 atom stereocenters. The maximum Gasteiger partial charge on any atom is 0.0627 e. The van der Waals surface area contributed by atoms with Gasteiger partial charge in [-0.25, -0.2) is 0 Å². The molecule has 0 bridgehead atoms. The molecule has 2 rings (SSSR count). The Kier molecular flexibility index (Phi) is 6.85. The molecule has 0 spiro atoms. The van der Waals surface area contributed by atoms with Gasteiger partial charge in [-0.15, -0.1) is 0 Å². The molecule has 0 heterocycles. The lowest BCUT2D eigenvalue weighted by molar-refractivity contribution is 0.439. The number of nitrogens with zero attached hydrogens (tertiary/aromatic N) is 1. The minimum Gasteiger partial charge on any atom is -0.253 e. The molecule has 22 heavy (non-hydrogen) atoms. The van der Waals surface area contributed by atoms with Crippen LogP contribution in [0.25, 0.3) is 0 Å². The third-order valence-corrected chi connectivity index (χ3v) is 4.27. The van der Waals surface area contributed by atoms with Crippen LogP contribution in [0.3, 0.4) is 0 Å². The molecule has 0 amide bonds. The van der Waals surface area contributed by atoms with Gasteiger partial charge < -0.3 is 0 Å². The molecule has 1 aliphatic carbocycles. The minimum absolute atomic E-state index is 0.563. The van der Waals surface area contributed by atoms with Crippen LogP contribution in [-0.2, 0) is 0 Å². The van der Waals surface area contributed by atoms with E-state index in [1.807, 2.05) is 25.2 Å². The average Bonchev–Trinajstić information content (AvgIpc) is 2.56. The number of rotatable bonds is 5. The Morgan fingerprint density at radius 1 is 1.14 bits per heavy atom. The van der Waals surface area contributed by atoms with E-state index in [4.69, 9.17) is 4.99 Å². The SMILES string of the molecule is C=C/C(=C\C=C(/C)Br)N=C(c1ccccc1)C1CCCCC1. The molecule has 1 aliphatic rings. The first-order chi connectivity index (χ1) is 10.7. The van der Waals surface area contributed by atoms with E-state index < -0.39 is 0 Å². The number of halogens is 1. The Hall–Kier alpha value is -1.41. The summed E-state index contributed by atoms with van der Waals surface area (Å²) in [6.45, 7) is 5.92. The van der Waals surface area contributed by atoms with Gasteiger partial charge in [0.1, 0.15) is 0 Å². The number of allylic oxidation sites excluding steroid dienone is 4. The second-order valence-corrected chi connectivity index (χ2v) is 7.00. The monoisotopic (exact) mass is 357 g/mol. The normalized spacial score (nSPS) is 18.4. The van der Waals surface area contributed by atoms with Crippen molar-refractivity contribution >= 4 is 21.6 Å².